The van der Waals surface area contributed by atoms with Crippen molar-refractivity contribution >= 4 is 17.9 Å². The number of rotatable bonds is 6. The number of aliphatic carboxylic acids is 1. The lowest BCUT2D eigenvalue weighted by Gasteiger charge is -2.18. The molecule has 2 atom stereocenters. The van der Waals surface area contributed by atoms with Crippen LogP contribution in [0.1, 0.15) is 26.7 Å². The smallest absolute Gasteiger partial charge is 0.320 e. The van der Waals surface area contributed by atoms with E-state index < -0.39 is 30.0 Å². The SMILES string of the molecule is CCCC(NC(C)C(=O)NC(N)=O)C(=O)O. The van der Waals surface area contributed by atoms with Crippen LogP contribution in [-0.2, 0) is 9.59 Å². The van der Waals surface area contributed by atoms with Gasteiger partial charge in [0, 0.05) is 0 Å². The minimum Gasteiger partial charge on any atom is -0.480 e. The molecule has 0 bridgehead atoms. The molecule has 0 aromatic carbocycles. The van der Waals surface area contributed by atoms with Gasteiger partial charge in [0.1, 0.15) is 6.04 Å². The van der Waals surface area contributed by atoms with Crippen molar-refractivity contribution in [2.24, 2.45) is 5.73 Å². The number of hydrogen-bond donors (Lipinski definition) is 4. The highest BCUT2D eigenvalue weighted by atomic mass is 16.4. The Morgan fingerprint density at radius 1 is 1.38 bits per heavy atom. The third kappa shape index (κ3) is 5.30. The molecular weight excluding hydrogens is 214 g/mol. The van der Waals surface area contributed by atoms with Gasteiger partial charge in [0.05, 0.1) is 6.04 Å². The van der Waals surface area contributed by atoms with Crippen LogP contribution in [0.25, 0.3) is 0 Å². The van der Waals surface area contributed by atoms with Gasteiger partial charge in [0.25, 0.3) is 0 Å². The van der Waals surface area contributed by atoms with Crippen LogP contribution in [0.5, 0.6) is 0 Å². The lowest BCUT2D eigenvalue weighted by Crippen LogP contribution is -2.51. The lowest BCUT2D eigenvalue weighted by atomic mass is 10.1. The number of amides is 3. The zero-order chi connectivity index (χ0) is 12.7. The van der Waals surface area contributed by atoms with Crippen LogP contribution < -0.4 is 16.4 Å². The summed E-state index contributed by atoms with van der Waals surface area (Å²) in [7, 11) is 0. The van der Waals surface area contributed by atoms with E-state index in [2.05, 4.69) is 5.32 Å². The van der Waals surface area contributed by atoms with Crippen LogP contribution in [0.15, 0.2) is 0 Å². The number of carbonyl (C=O) groups excluding carboxylic acids is 2. The summed E-state index contributed by atoms with van der Waals surface area (Å²) >= 11 is 0. The summed E-state index contributed by atoms with van der Waals surface area (Å²) in [6, 6.07) is -2.56. The third-order valence-corrected chi connectivity index (χ3v) is 1.97. The van der Waals surface area contributed by atoms with Crippen LogP contribution in [0, 0.1) is 0 Å². The molecule has 0 radical (unpaired) electrons. The van der Waals surface area contributed by atoms with Gasteiger partial charge in [0.2, 0.25) is 5.91 Å². The summed E-state index contributed by atoms with van der Waals surface area (Å²) < 4.78 is 0. The van der Waals surface area contributed by atoms with Crippen molar-refractivity contribution in [3.8, 4) is 0 Å². The molecule has 7 heteroatoms. The average Bonchev–Trinajstić information content (AvgIpc) is 2.15. The molecule has 0 aromatic rings. The minimum atomic E-state index is -1.03. The van der Waals surface area contributed by atoms with E-state index in [-0.39, 0.29) is 0 Å². The summed E-state index contributed by atoms with van der Waals surface area (Å²) in [5.74, 6) is -1.67. The number of carboxylic acids is 1. The predicted octanol–water partition coefficient (Wildman–Crippen LogP) is -0.587. The first-order valence-electron chi connectivity index (χ1n) is 4.97. The molecule has 0 aliphatic carbocycles. The maximum absolute atomic E-state index is 11.2. The van der Waals surface area contributed by atoms with Gasteiger partial charge in [-0.25, -0.2) is 4.79 Å². The second-order valence-corrected chi connectivity index (χ2v) is 3.42. The van der Waals surface area contributed by atoms with Gasteiger partial charge in [0.15, 0.2) is 0 Å². The number of hydrogen-bond acceptors (Lipinski definition) is 4. The number of nitrogens with two attached hydrogens (primary N) is 1. The summed E-state index contributed by atoms with van der Waals surface area (Å²) in [4.78, 5) is 32.4. The summed E-state index contributed by atoms with van der Waals surface area (Å²) in [6.45, 7) is 3.30. The molecule has 0 saturated carbocycles. The highest BCUT2D eigenvalue weighted by Crippen LogP contribution is 1.98. The first-order chi connectivity index (χ1) is 7.38. The molecule has 5 N–H and O–H groups in total. The van der Waals surface area contributed by atoms with E-state index >= 15 is 0 Å². The maximum atomic E-state index is 11.2. The standard InChI is InChI=1S/C9H17N3O4/c1-3-4-6(8(14)15)11-5(2)7(13)12-9(10)16/h5-6,11H,3-4H2,1-2H3,(H,14,15)(H3,10,12,13,16). The molecule has 0 spiro atoms. The van der Waals surface area contributed by atoms with Crippen molar-refractivity contribution in [3.63, 3.8) is 0 Å². The molecule has 3 amide bonds. The molecule has 7 nitrogen and oxygen atoms in total. The normalized spacial score (nSPS) is 13.9. The van der Waals surface area contributed by atoms with Crippen molar-refractivity contribution in [2.45, 2.75) is 38.8 Å². The molecule has 0 rings (SSSR count). The molecule has 0 heterocycles. The van der Waals surface area contributed by atoms with E-state index in [4.69, 9.17) is 10.8 Å². The van der Waals surface area contributed by atoms with Gasteiger partial charge in [-0.15, -0.1) is 0 Å². The third-order valence-electron chi connectivity index (χ3n) is 1.97. The van der Waals surface area contributed by atoms with Gasteiger partial charge in [-0.05, 0) is 13.3 Å². The maximum Gasteiger partial charge on any atom is 0.320 e. The Labute approximate surface area is 93.4 Å². The van der Waals surface area contributed by atoms with Crippen LogP contribution >= 0.6 is 0 Å². The van der Waals surface area contributed by atoms with E-state index in [9.17, 15) is 14.4 Å². The highest BCUT2D eigenvalue weighted by molar-refractivity contribution is 5.96. The zero-order valence-corrected chi connectivity index (χ0v) is 9.32. The van der Waals surface area contributed by atoms with E-state index in [0.717, 1.165) is 0 Å². The lowest BCUT2D eigenvalue weighted by molar-refractivity contribution is -0.140. The number of imide groups is 1. The van der Waals surface area contributed by atoms with Crippen LogP contribution in [0.3, 0.4) is 0 Å². The van der Waals surface area contributed by atoms with Gasteiger partial charge < -0.3 is 10.8 Å². The zero-order valence-electron chi connectivity index (χ0n) is 9.32. The quantitative estimate of drug-likeness (QED) is 0.487. The number of primary amides is 1. The Kier molecular flexibility index (Phi) is 6.09. The summed E-state index contributed by atoms with van der Waals surface area (Å²) in [5.41, 5.74) is 4.77. The van der Waals surface area contributed by atoms with Crippen molar-refractivity contribution in [1.82, 2.24) is 10.6 Å². The Hall–Kier alpha value is -1.63. The Balaban J connectivity index is 4.27. The number of urea groups is 1. The largest absolute Gasteiger partial charge is 0.480 e. The predicted molar refractivity (Wildman–Crippen MR) is 56.7 cm³/mol. The Bertz CT molecular complexity index is 280. The number of carbonyl (C=O) groups is 3. The molecule has 2 unspecified atom stereocenters. The van der Waals surface area contributed by atoms with Crippen LogP contribution in [0.4, 0.5) is 4.79 Å². The topological polar surface area (TPSA) is 122 Å². The fourth-order valence-corrected chi connectivity index (χ4v) is 1.17. The average molecular weight is 231 g/mol. The van der Waals surface area contributed by atoms with Gasteiger partial charge >= 0.3 is 12.0 Å². The van der Waals surface area contributed by atoms with Crippen molar-refractivity contribution in [3.05, 3.63) is 0 Å². The van der Waals surface area contributed by atoms with E-state index in [1.165, 1.54) is 6.92 Å². The van der Waals surface area contributed by atoms with Crippen LogP contribution in [-0.4, -0.2) is 35.1 Å². The van der Waals surface area contributed by atoms with E-state index in [0.29, 0.717) is 12.8 Å². The van der Waals surface area contributed by atoms with Crippen LogP contribution in [0.2, 0.25) is 0 Å². The fourth-order valence-electron chi connectivity index (χ4n) is 1.17. The van der Waals surface area contributed by atoms with Crippen molar-refractivity contribution in [2.75, 3.05) is 0 Å². The molecule has 0 fully saturated rings. The van der Waals surface area contributed by atoms with Gasteiger partial charge in [-0.3, -0.25) is 20.2 Å². The molecule has 0 saturated heterocycles. The first-order valence-corrected chi connectivity index (χ1v) is 4.97. The highest BCUT2D eigenvalue weighted by Gasteiger charge is 2.22. The molecule has 0 aliphatic heterocycles. The molecule has 0 aromatic heterocycles. The number of carboxylic acid groups (broad SMARTS) is 1. The van der Waals surface area contributed by atoms with Gasteiger partial charge in [-0.1, -0.05) is 13.3 Å². The molecular formula is C9H17N3O4. The molecule has 16 heavy (non-hydrogen) atoms. The van der Waals surface area contributed by atoms with Crippen molar-refractivity contribution in [1.29, 1.82) is 0 Å². The van der Waals surface area contributed by atoms with Gasteiger partial charge in [-0.2, -0.15) is 0 Å². The monoisotopic (exact) mass is 231 g/mol. The Morgan fingerprint density at radius 3 is 2.31 bits per heavy atom. The molecule has 0 aliphatic rings. The fraction of sp³-hybridized carbons (Fsp3) is 0.667. The minimum absolute atomic E-state index is 0.406. The molecule has 92 valence electrons. The summed E-state index contributed by atoms with van der Waals surface area (Å²) in [5, 5.41) is 13.3. The first kappa shape index (κ1) is 14.4. The second kappa shape index (κ2) is 6.78. The second-order valence-electron chi connectivity index (χ2n) is 3.42. The Morgan fingerprint density at radius 2 is 1.94 bits per heavy atom. The van der Waals surface area contributed by atoms with E-state index in [1.54, 1.807) is 0 Å². The number of nitrogens with one attached hydrogen (secondary N) is 2. The van der Waals surface area contributed by atoms with E-state index in [1.807, 2.05) is 12.2 Å². The van der Waals surface area contributed by atoms with Crippen molar-refractivity contribution < 1.29 is 19.5 Å². The summed E-state index contributed by atoms with van der Waals surface area (Å²) in [6.07, 6.45) is 1.08.